The summed E-state index contributed by atoms with van der Waals surface area (Å²) in [5.41, 5.74) is 0.883. The Kier molecular flexibility index (Phi) is 7.71. The van der Waals surface area contributed by atoms with Crippen molar-refractivity contribution in [2.75, 3.05) is 10.6 Å². The van der Waals surface area contributed by atoms with Crippen LogP contribution in [-0.4, -0.2) is 22.3 Å². The Balaban J connectivity index is 1.71. The van der Waals surface area contributed by atoms with E-state index in [0.29, 0.717) is 15.6 Å². The van der Waals surface area contributed by atoms with Crippen molar-refractivity contribution >= 4 is 81.2 Å². The number of rotatable bonds is 6. The van der Waals surface area contributed by atoms with Crippen LogP contribution in [0.1, 0.15) is 24.8 Å². The van der Waals surface area contributed by atoms with Crippen LogP contribution < -0.4 is 10.6 Å². The van der Waals surface area contributed by atoms with Crippen LogP contribution >= 0.6 is 58.0 Å². The highest BCUT2D eigenvalue weighted by molar-refractivity contribution is 6.53. The number of hydrogen-bond acceptors (Lipinski definition) is 2. The van der Waals surface area contributed by atoms with E-state index >= 15 is 0 Å². The van der Waals surface area contributed by atoms with Gasteiger partial charge in [0.25, 0.3) is 0 Å². The second-order valence-corrected chi connectivity index (χ2v) is 10.4. The summed E-state index contributed by atoms with van der Waals surface area (Å²) < 4.78 is 36.7. The first-order valence-electron chi connectivity index (χ1n) is 9.51. The summed E-state index contributed by atoms with van der Waals surface area (Å²) in [6.45, 7) is 0.904. The summed E-state index contributed by atoms with van der Waals surface area (Å²) in [7, 11) is 0. The van der Waals surface area contributed by atoms with Crippen molar-refractivity contribution in [1.29, 1.82) is 0 Å². The standard InChI is InChI=1S/C21H16Cl5F3N2O2/c1-9(21(27,28)29)4-16(32)31-15-8-13(2-3-14(15)24)30-19(33)18-17(20(18,25)26)10-5-11(22)7-12(23)6-10/h2-3,5-9,17-18H,4H2,1H3,(H,30,33)(H,31,32)/t9?,17-,18+/m0/s1. The molecule has 1 saturated carbocycles. The van der Waals surface area contributed by atoms with Gasteiger partial charge >= 0.3 is 6.18 Å². The van der Waals surface area contributed by atoms with Gasteiger partial charge in [-0.05, 0) is 42.0 Å². The number of anilines is 2. The minimum absolute atomic E-state index is 0.0471. The van der Waals surface area contributed by atoms with Gasteiger partial charge in [0, 0.05) is 28.1 Å². The summed E-state index contributed by atoms with van der Waals surface area (Å²) >= 11 is 30.7. The fraction of sp³-hybridized carbons (Fsp3) is 0.333. The van der Waals surface area contributed by atoms with Crippen molar-refractivity contribution in [3.05, 3.63) is 57.0 Å². The zero-order valence-corrected chi connectivity index (χ0v) is 20.5. The number of carbonyl (C=O) groups is 2. The predicted molar refractivity (Wildman–Crippen MR) is 126 cm³/mol. The first kappa shape index (κ1) is 26.2. The van der Waals surface area contributed by atoms with Crippen LogP contribution in [0.4, 0.5) is 24.5 Å². The van der Waals surface area contributed by atoms with Crippen molar-refractivity contribution in [1.82, 2.24) is 0 Å². The summed E-state index contributed by atoms with van der Waals surface area (Å²) in [5.74, 6) is -4.59. The molecule has 1 aliphatic rings. The molecular formula is C21H16Cl5F3N2O2. The molecule has 3 atom stereocenters. The van der Waals surface area contributed by atoms with Crippen LogP contribution in [0.5, 0.6) is 0 Å². The molecule has 2 N–H and O–H groups in total. The lowest BCUT2D eigenvalue weighted by atomic mass is 10.1. The number of nitrogens with one attached hydrogen (secondary N) is 2. The smallest absolute Gasteiger partial charge is 0.326 e. The van der Waals surface area contributed by atoms with Gasteiger partial charge < -0.3 is 10.6 Å². The molecule has 178 valence electrons. The maximum atomic E-state index is 12.8. The zero-order chi connectivity index (χ0) is 24.7. The third-order valence-corrected chi connectivity index (χ3v) is 6.84. The molecule has 0 aromatic heterocycles. The third kappa shape index (κ3) is 6.20. The summed E-state index contributed by atoms with van der Waals surface area (Å²) in [5, 5.41) is 5.78. The molecule has 12 heteroatoms. The maximum Gasteiger partial charge on any atom is 0.392 e. The van der Waals surface area contributed by atoms with E-state index in [0.717, 1.165) is 6.92 Å². The van der Waals surface area contributed by atoms with Gasteiger partial charge in [-0.3, -0.25) is 9.59 Å². The highest BCUT2D eigenvalue weighted by Crippen LogP contribution is 2.65. The topological polar surface area (TPSA) is 58.2 Å². The highest BCUT2D eigenvalue weighted by Gasteiger charge is 2.67. The largest absolute Gasteiger partial charge is 0.392 e. The number of hydrogen-bond donors (Lipinski definition) is 2. The molecule has 1 unspecified atom stereocenters. The van der Waals surface area contributed by atoms with Crippen molar-refractivity contribution < 1.29 is 22.8 Å². The molecule has 0 saturated heterocycles. The number of halogens is 8. The fourth-order valence-corrected chi connectivity index (χ4v) is 4.87. The Morgan fingerprint density at radius 1 is 1.03 bits per heavy atom. The van der Waals surface area contributed by atoms with E-state index in [1.54, 1.807) is 12.1 Å². The lowest BCUT2D eigenvalue weighted by molar-refractivity contribution is -0.173. The Morgan fingerprint density at radius 3 is 2.21 bits per heavy atom. The molecule has 2 aromatic carbocycles. The van der Waals surface area contributed by atoms with Gasteiger partial charge in [0.15, 0.2) is 0 Å². The molecule has 3 rings (SSSR count). The molecule has 0 heterocycles. The molecular weight excluding hydrogens is 547 g/mol. The van der Waals surface area contributed by atoms with Crippen molar-refractivity contribution in [3.63, 3.8) is 0 Å². The normalized spacial score (nSPS) is 20.2. The Labute approximate surface area is 212 Å². The Hall–Kier alpha value is -1.38. The molecule has 0 bridgehead atoms. The molecule has 1 aliphatic carbocycles. The van der Waals surface area contributed by atoms with Gasteiger partial charge in [-0.25, -0.2) is 0 Å². The van der Waals surface area contributed by atoms with Crippen molar-refractivity contribution in [3.8, 4) is 0 Å². The number of benzene rings is 2. The first-order valence-corrected chi connectivity index (χ1v) is 11.4. The molecule has 0 radical (unpaired) electrons. The van der Waals surface area contributed by atoms with Crippen molar-refractivity contribution in [2.45, 2.75) is 29.8 Å². The van der Waals surface area contributed by atoms with Gasteiger partial charge in [-0.15, -0.1) is 23.2 Å². The second kappa shape index (κ2) is 9.70. The Bertz CT molecular complexity index is 1070. The molecule has 4 nitrogen and oxygen atoms in total. The SMILES string of the molecule is CC(CC(=O)Nc1cc(NC(=O)[C@H]2[C@H](c3cc(Cl)cc(Cl)c3)C2(Cl)Cl)ccc1Cl)C(F)(F)F. The number of alkyl halides is 5. The number of amides is 2. The minimum Gasteiger partial charge on any atom is -0.326 e. The second-order valence-electron chi connectivity index (χ2n) is 7.71. The van der Waals surface area contributed by atoms with Crippen LogP contribution in [0.2, 0.25) is 15.1 Å². The zero-order valence-electron chi connectivity index (χ0n) is 16.7. The fourth-order valence-electron chi connectivity index (χ4n) is 3.34. The molecule has 2 amide bonds. The molecule has 0 aliphatic heterocycles. The average Bonchev–Trinajstić information content (AvgIpc) is 3.25. The predicted octanol–water partition coefficient (Wildman–Crippen LogP) is 7.70. The van der Waals surface area contributed by atoms with Crippen LogP contribution in [0.25, 0.3) is 0 Å². The Morgan fingerprint density at radius 2 is 1.64 bits per heavy atom. The first-order chi connectivity index (χ1) is 15.2. The van der Waals surface area contributed by atoms with Crippen LogP contribution in [0.15, 0.2) is 36.4 Å². The van der Waals surface area contributed by atoms with E-state index < -0.39 is 46.5 Å². The summed E-state index contributed by atoms with van der Waals surface area (Å²) in [6.07, 6.45) is -5.27. The molecule has 33 heavy (non-hydrogen) atoms. The minimum atomic E-state index is -4.50. The number of carbonyl (C=O) groups excluding carboxylic acids is 2. The van der Waals surface area contributed by atoms with Gasteiger partial charge in [-0.1, -0.05) is 41.7 Å². The van der Waals surface area contributed by atoms with E-state index in [-0.39, 0.29) is 16.4 Å². The van der Waals surface area contributed by atoms with Crippen LogP contribution in [-0.2, 0) is 9.59 Å². The lowest BCUT2D eigenvalue weighted by Gasteiger charge is -2.16. The molecule has 1 fully saturated rings. The van der Waals surface area contributed by atoms with Gasteiger partial charge in [0.1, 0.15) is 4.33 Å². The van der Waals surface area contributed by atoms with E-state index in [2.05, 4.69) is 10.6 Å². The van der Waals surface area contributed by atoms with E-state index in [1.165, 1.54) is 24.3 Å². The lowest BCUT2D eigenvalue weighted by Crippen LogP contribution is -2.25. The quantitative estimate of drug-likeness (QED) is 0.355. The maximum absolute atomic E-state index is 12.8. The van der Waals surface area contributed by atoms with Gasteiger partial charge in [0.2, 0.25) is 11.8 Å². The van der Waals surface area contributed by atoms with Gasteiger partial charge in [0.05, 0.1) is 22.5 Å². The summed E-state index contributed by atoms with van der Waals surface area (Å²) in [4.78, 5) is 24.8. The monoisotopic (exact) mass is 560 g/mol. The molecule has 0 spiro atoms. The van der Waals surface area contributed by atoms with Crippen LogP contribution in [0.3, 0.4) is 0 Å². The van der Waals surface area contributed by atoms with E-state index in [1.807, 2.05) is 0 Å². The average molecular weight is 563 g/mol. The van der Waals surface area contributed by atoms with E-state index in [9.17, 15) is 22.8 Å². The summed E-state index contributed by atoms with van der Waals surface area (Å²) in [6, 6.07) is 8.94. The van der Waals surface area contributed by atoms with Gasteiger partial charge in [-0.2, -0.15) is 13.2 Å². The van der Waals surface area contributed by atoms with E-state index in [4.69, 9.17) is 58.0 Å². The third-order valence-electron chi connectivity index (χ3n) is 5.14. The van der Waals surface area contributed by atoms with Crippen molar-refractivity contribution in [2.24, 2.45) is 11.8 Å². The molecule has 2 aromatic rings. The van der Waals surface area contributed by atoms with Crippen LogP contribution in [0, 0.1) is 11.8 Å². The highest BCUT2D eigenvalue weighted by atomic mass is 35.5.